The van der Waals surface area contributed by atoms with Crippen molar-refractivity contribution in [2.45, 2.75) is 25.0 Å². The zero-order valence-electron chi connectivity index (χ0n) is 18.3. The van der Waals surface area contributed by atoms with Crippen molar-refractivity contribution in [2.75, 3.05) is 18.0 Å². The standard InChI is InChI=1S/C23H16ClF3N6O3/c24-16-8-14(1-2-17(16)25)18-19(31-5-3-23(36,12-31)21(26)27)32(6-4-28)22(35)33(20(18)34)15-7-13(9-29)10-30-11-15/h1-2,7-8,10-11,21,36H,3,5-6,12H2/t23-/m1/s1. The van der Waals surface area contributed by atoms with Crippen molar-refractivity contribution in [1.82, 2.24) is 14.1 Å². The molecule has 1 aliphatic rings. The average Bonchev–Trinajstić information content (AvgIpc) is 3.26. The molecule has 1 N–H and O–H groups in total. The van der Waals surface area contributed by atoms with Crippen molar-refractivity contribution in [3.05, 3.63) is 73.9 Å². The summed E-state index contributed by atoms with van der Waals surface area (Å²) < 4.78 is 42.6. The van der Waals surface area contributed by atoms with Gasteiger partial charge >= 0.3 is 5.69 Å². The van der Waals surface area contributed by atoms with Gasteiger partial charge in [0.1, 0.15) is 29.9 Å². The lowest BCUT2D eigenvalue weighted by atomic mass is 10.0. The normalized spacial score (nSPS) is 17.3. The summed E-state index contributed by atoms with van der Waals surface area (Å²) in [7, 11) is 0. The van der Waals surface area contributed by atoms with Gasteiger partial charge in [-0.1, -0.05) is 17.7 Å². The van der Waals surface area contributed by atoms with E-state index in [1.807, 2.05) is 12.1 Å². The van der Waals surface area contributed by atoms with Gasteiger partial charge in [-0.25, -0.2) is 22.5 Å². The quantitative estimate of drug-likeness (QED) is 0.551. The Labute approximate surface area is 206 Å². The van der Waals surface area contributed by atoms with Gasteiger partial charge in [0, 0.05) is 19.2 Å². The number of anilines is 1. The number of rotatable bonds is 5. The average molecular weight is 517 g/mol. The summed E-state index contributed by atoms with van der Waals surface area (Å²) in [5.74, 6) is -0.988. The van der Waals surface area contributed by atoms with E-state index in [2.05, 4.69) is 4.98 Å². The Morgan fingerprint density at radius 2 is 1.97 bits per heavy atom. The second kappa shape index (κ2) is 9.49. The molecule has 0 amide bonds. The fourth-order valence-electron chi connectivity index (χ4n) is 4.10. The van der Waals surface area contributed by atoms with Crippen LogP contribution < -0.4 is 16.1 Å². The number of benzene rings is 1. The third kappa shape index (κ3) is 4.21. The second-order valence-corrected chi connectivity index (χ2v) is 8.52. The Morgan fingerprint density at radius 3 is 2.58 bits per heavy atom. The van der Waals surface area contributed by atoms with E-state index < -0.39 is 42.2 Å². The van der Waals surface area contributed by atoms with Crippen molar-refractivity contribution in [1.29, 1.82) is 10.5 Å². The maximum atomic E-state index is 13.9. The fourth-order valence-corrected chi connectivity index (χ4v) is 4.28. The predicted octanol–water partition coefficient (Wildman–Crippen LogP) is 2.46. The number of halogens is 4. The lowest BCUT2D eigenvalue weighted by Crippen LogP contribution is -2.45. The second-order valence-electron chi connectivity index (χ2n) is 8.11. The van der Waals surface area contributed by atoms with Crippen molar-refractivity contribution < 1.29 is 18.3 Å². The highest BCUT2D eigenvalue weighted by Crippen LogP contribution is 2.36. The Morgan fingerprint density at radius 1 is 1.22 bits per heavy atom. The van der Waals surface area contributed by atoms with E-state index in [4.69, 9.17) is 11.6 Å². The minimum atomic E-state index is -3.11. The number of hydrogen-bond acceptors (Lipinski definition) is 7. The molecule has 0 spiro atoms. The Balaban J connectivity index is 2.10. The minimum absolute atomic E-state index is 0.0405. The van der Waals surface area contributed by atoms with Crippen LogP contribution in [0.5, 0.6) is 0 Å². The Bertz CT molecular complexity index is 1560. The van der Waals surface area contributed by atoms with Gasteiger partial charge in [-0.2, -0.15) is 10.5 Å². The maximum Gasteiger partial charge on any atom is 0.338 e. The number of nitriles is 2. The summed E-state index contributed by atoms with van der Waals surface area (Å²) in [6.45, 7) is -1.39. The molecular formula is C23H16ClF3N6O3. The number of aliphatic hydroxyl groups is 1. The number of nitrogens with zero attached hydrogens (tertiary/aromatic N) is 6. The van der Waals surface area contributed by atoms with Gasteiger partial charge in [0.2, 0.25) is 0 Å². The van der Waals surface area contributed by atoms with Crippen molar-refractivity contribution >= 4 is 17.4 Å². The summed E-state index contributed by atoms with van der Waals surface area (Å²) in [6, 6.07) is 8.22. The molecule has 1 atom stereocenters. The van der Waals surface area contributed by atoms with Crippen LogP contribution in [0.2, 0.25) is 5.02 Å². The highest BCUT2D eigenvalue weighted by atomic mass is 35.5. The molecule has 0 saturated carbocycles. The molecule has 3 heterocycles. The molecule has 2 aromatic heterocycles. The van der Waals surface area contributed by atoms with E-state index in [1.165, 1.54) is 23.2 Å². The molecule has 13 heteroatoms. The lowest BCUT2D eigenvalue weighted by molar-refractivity contribution is -0.0801. The van der Waals surface area contributed by atoms with E-state index in [9.17, 15) is 38.4 Å². The number of pyridine rings is 1. The van der Waals surface area contributed by atoms with Crippen LogP contribution >= 0.6 is 11.6 Å². The topological polar surface area (TPSA) is 128 Å². The molecule has 0 aliphatic carbocycles. The van der Waals surface area contributed by atoms with E-state index in [0.717, 1.165) is 22.9 Å². The number of aromatic nitrogens is 3. The zero-order chi connectivity index (χ0) is 26.2. The van der Waals surface area contributed by atoms with Gasteiger partial charge in [0.25, 0.3) is 12.0 Å². The largest absolute Gasteiger partial charge is 0.382 e. The summed E-state index contributed by atoms with van der Waals surface area (Å²) in [5.41, 5.74) is -4.60. The molecule has 9 nitrogen and oxygen atoms in total. The van der Waals surface area contributed by atoms with E-state index in [-0.39, 0.29) is 46.2 Å². The van der Waals surface area contributed by atoms with Gasteiger partial charge < -0.3 is 10.0 Å². The molecule has 1 fully saturated rings. The van der Waals surface area contributed by atoms with E-state index >= 15 is 0 Å². The Hall–Kier alpha value is -4.13. The van der Waals surface area contributed by atoms with Crippen LogP contribution in [-0.4, -0.2) is 44.3 Å². The molecule has 36 heavy (non-hydrogen) atoms. The summed E-state index contributed by atoms with van der Waals surface area (Å²) in [4.78, 5) is 32.4. The summed E-state index contributed by atoms with van der Waals surface area (Å²) in [5, 5.41) is 28.7. The first-order valence-corrected chi connectivity index (χ1v) is 10.8. The Kier molecular flexibility index (Phi) is 6.59. The van der Waals surface area contributed by atoms with Crippen molar-refractivity contribution in [3.63, 3.8) is 0 Å². The minimum Gasteiger partial charge on any atom is -0.382 e. The third-order valence-electron chi connectivity index (χ3n) is 5.85. The third-order valence-corrected chi connectivity index (χ3v) is 6.14. The molecule has 0 unspecified atom stereocenters. The molecule has 1 aromatic carbocycles. The van der Waals surface area contributed by atoms with Crippen LogP contribution in [0.3, 0.4) is 0 Å². The highest BCUT2D eigenvalue weighted by molar-refractivity contribution is 6.31. The first kappa shape index (κ1) is 25.0. The number of β-amino-alcohol motifs (C(OH)–C–C–N with tert-alkyl or cyclic N) is 1. The molecule has 0 bridgehead atoms. The monoisotopic (exact) mass is 516 g/mol. The van der Waals surface area contributed by atoms with Crippen LogP contribution in [0.1, 0.15) is 12.0 Å². The molecule has 1 saturated heterocycles. The number of alkyl halides is 2. The first-order valence-electron chi connectivity index (χ1n) is 10.4. The molecule has 1 aliphatic heterocycles. The van der Waals surface area contributed by atoms with Gasteiger partial charge in [0.15, 0.2) is 0 Å². The van der Waals surface area contributed by atoms with E-state index in [0.29, 0.717) is 4.57 Å². The van der Waals surface area contributed by atoms with Gasteiger partial charge in [-0.15, -0.1) is 0 Å². The van der Waals surface area contributed by atoms with Crippen LogP contribution in [0.4, 0.5) is 19.0 Å². The number of hydrogen-bond donors (Lipinski definition) is 1. The molecule has 0 radical (unpaired) electrons. The molecule has 4 rings (SSSR count). The van der Waals surface area contributed by atoms with E-state index in [1.54, 1.807) is 0 Å². The van der Waals surface area contributed by atoms with Crippen molar-refractivity contribution in [3.8, 4) is 29.0 Å². The smallest absolute Gasteiger partial charge is 0.338 e. The predicted molar refractivity (Wildman–Crippen MR) is 123 cm³/mol. The SMILES string of the molecule is N#CCn1c(N2CC[C@](O)(C(F)F)C2)c(-c2ccc(F)c(Cl)c2)c(=O)n(-c2cncc(C#N)c2)c1=O. The molecular weight excluding hydrogens is 501 g/mol. The van der Waals surface area contributed by atoms with Crippen LogP contribution in [0, 0.1) is 28.5 Å². The molecule has 184 valence electrons. The maximum absolute atomic E-state index is 13.9. The lowest BCUT2D eigenvalue weighted by Gasteiger charge is -2.28. The van der Waals surface area contributed by atoms with Gasteiger partial charge in [0.05, 0.1) is 40.6 Å². The fraction of sp³-hybridized carbons (Fsp3) is 0.261. The highest BCUT2D eigenvalue weighted by Gasteiger charge is 2.45. The molecule has 3 aromatic rings. The first-order chi connectivity index (χ1) is 17.1. The summed E-state index contributed by atoms with van der Waals surface area (Å²) >= 11 is 5.94. The van der Waals surface area contributed by atoms with Gasteiger partial charge in [-0.3, -0.25) is 14.3 Å². The van der Waals surface area contributed by atoms with Crippen molar-refractivity contribution in [2.24, 2.45) is 0 Å². The zero-order valence-corrected chi connectivity index (χ0v) is 19.1. The summed E-state index contributed by atoms with van der Waals surface area (Å²) in [6.07, 6.45) is -1.10. The van der Waals surface area contributed by atoms with Crippen LogP contribution in [0.25, 0.3) is 16.8 Å². The van der Waals surface area contributed by atoms with Crippen LogP contribution in [-0.2, 0) is 6.54 Å². The van der Waals surface area contributed by atoms with Gasteiger partial charge in [-0.05, 0) is 23.8 Å². The van der Waals surface area contributed by atoms with Crippen LogP contribution in [0.15, 0.2) is 46.2 Å².